The summed E-state index contributed by atoms with van der Waals surface area (Å²) < 4.78 is 17.9. The highest BCUT2D eigenvalue weighted by molar-refractivity contribution is 7.17. The molecular weight excluding hydrogens is 1610 g/mol. The number of aromatic amines is 4. The Kier molecular flexibility index (Phi) is 122. The van der Waals surface area contributed by atoms with E-state index in [9.17, 15) is 0 Å². The van der Waals surface area contributed by atoms with Crippen LogP contribution in [-0.4, -0.2) is 40.1 Å². The van der Waals surface area contributed by atoms with Gasteiger partial charge in [0.15, 0.2) is 12.0 Å². The maximum atomic E-state index is 5.18. The fourth-order valence-electron chi connectivity index (χ4n) is 10.0. The monoisotopic (exact) mass is 1800 g/mol. The Morgan fingerprint density at radius 2 is 0.732 bits per heavy atom. The SMILES string of the molecule is CC.CC.CC.CC.CC.CC.CC.CC.CC.CC.CC.CC.CC.CC.CC.CC.CC.CC.CC.CC.c1cc2c([nH]1)CCC2.c1cc2c(o1)CCC2.c1cc2c(s1)CCC2.c1ccc2[nH]ccc2c1.c1ccc2[nH]cnc2c1.c1ccc2[nH]ncc2c1.c1ccc2occc2c1.c1ccc2ocnc2c1.c1ccc2sccc2c1.c1ccc2scnc2c1. The van der Waals surface area contributed by atoms with Gasteiger partial charge >= 0.3 is 0 Å². The molecular formula is C113H186N8O3S3. The summed E-state index contributed by atoms with van der Waals surface area (Å²) in [6.45, 7) is 80.0. The van der Waals surface area contributed by atoms with Crippen LogP contribution in [0.1, 0.15) is 329 Å². The van der Waals surface area contributed by atoms with E-state index in [4.69, 9.17) is 13.3 Å². The molecule has 10 aromatic heterocycles. The van der Waals surface area contributed by atoms with Crippen molar-refractivity contribution < 1.29 is 13.3 Å². The Labute approximate surface area is 791 Å². The van der Waals surface area contributed by atoms with E-state index in [1.807, 2.05) is 446 Å². The van der Waals surface area contributed by atoms with Crippen LogP contribution in [-0.2, 0) is 38.5 Å². The van der Waals surface area contributed by atoms with E-state index >= 15 is 0 Å². The summed E-state index contributed by atoms with van der Waals surface area (Å²) in [5.74, 6) is 1.21. The van der Waals surface area contributed by atoms with Crippen LogP contribution in [0.2, 0.25) is 0 Å². The maximum Gasteiger partial charge on any atom is 0.181 e. The summed E-state index contributed by atoms with van der Waals surface area (Å²) in [4.78, 5) is 23.1. The van der Waals surface area contributed by atoms with Gasteiger partial charge in [0.2, 0.25) is 0 Å². The number of rotatable bonds is 0. The first-order valence-electron chi connectivity index (χ1n) is 49.1. The van der Waals surface area contributed by atoms with Crippen molar-refractivity contribution in [3.05, 3.63) is 299 Å². The number of para-hydroxylation sites is 8. The maximum absolute atomic E-state index is 5.18. The molecule has 0 atom stereocenters. The minimum Gasteiger partial charge on any atom is -0.469 e. The van der Waals surface area contributed by atoms with Gasteiger partial charge in [-0.1, -0.05) is 386 Å². The molecule has 0 spiro atoms. The van der Waals surface area contributed by atoms with E-state index in [0.29, 0.717) is 0 Å². The Morgan fingerprint density at radius 3 is 1.27 bits per heavy atom. The molecule has 10 heterocycles. The number of hydrogen-bond donors (Lipinski definition) is 4. The molecule has 4 N–H and O–H groups in total. The average Bonchev–Trinajstić information content (AvgIpc) is 1.72. The lowest BCUT2D eigenvalue weighted by Crippen LogP contribution is -1.73. The topological polar surface area (TPSA) is 154 Å². The van der Waals surface area contributed by atoms with E-state index in [2.05, 4.69) is 124 Å². The molecule has 0 aliphatic heterocycles. The summed E-state index contributed by atoms with van der Waals surface area (Å²) in [5, 5.41) is 16.0. The number of oxazole rings is 1. The average molecular weight is 1800 g/mol. The van der Waals surface area contributed by atoms with E-state index in [1.54, 1.807) is 52.0 Å². The Balaban J connectivity index is -0.000000143. The predicted octanol–water partition coefficient (Wildman–Crippen LogP) is 40.8. The molecule has 0 radical (unpaired) electrons. The quantitative estimate of drug-likeness (QED) is 0.118. The molecule has 714 valence electrons. The van der Waals surface area contributed by atoms with Crippen molar-refractivity contribution in [2.45, 2.75) is 335 Å². The Hall–Kier alpha value is -9.86. The number of H-pyrrole nitrogens is 4. The highest BCUT2D eigenvalue weighted by Gasteiger charge is 2.12. The number of nitrogens with zero attached hydrogens (tertiary/aromatic N) is 4. The van der Waals surface area contributed by atoms with Gasteiger partial charge in [-0.05, 0) is 187 Å². The molecule has 0 bridgehead atoms. The molecule has 14 heteroatoms. The lowest BCUT2D eigenvalue weighted by atomic mass is 10.3. The predicted molar refractivity (Wildman–Crippen MR) is 589 cm³/mol. The first-order chi connectivity index (χ1) is 63.2. The molecule has 0 fully saturated rings. The summed E-state index contributed by atoms with van der Waals surface area (Å²) >= 11 is 5.38. The minimum absolute atomic E-state index is 0.845. The van der Waals surface area contributed by atoms with Crippen LogP contribution in [0.3, 0.4) is 0 Å². The zero-order valence-electron chi connectivity index (χ0n) is 88.0. The molecule has 0 unspecified atom stereocenters. The normalized spacial score (nSPS) is 9.13. The molecule has 7 aromatic carbocycles. The van der Waals surface area contributed by atoms with Gasteiger partial charge in [0.25, 0.3) is 0 Å². The van der Waals surface area contributed by atoms with Gasteiger partial charge in [-0.15, -0.1) is 34.0 Å². The lowest BCUT2D eigenvalue weighted by molar-refractivity contribution is 0.515. The molecule has 17 aromatic rings. The van der Waals surface area contributed by atoms with Gasteiger partial charge in [-0.25, -0.2) is 15.0 Å². The second-order valence-electron chi connectivity index (χ2n) is 20.3. The van der Waals surface area contributed by atoms with Crippen LogP contribution >= 0.6 is 34.0 Å². The number of aryl methyl sites for hydroxylation is 6. The third kappa shape index (κ3) is 61.3. The van der Waals surface area contributed by atoms with Crippen LogP contribution in [0, 0.1) is 0 Å². The number of fused-ring (bicyclic) bond motifs is 10. The van der Waals surface area contributed by atoms with Crippen LogP contribution in [0.5, 0.6) is 0 Å². The number of imidazole rings is 1. The second-order valence-corrected chi connectivity index (χ2v) is 23.1. The number of aromatic nitrogens is 8. The first kappa shape index (κ1) is 138. The van der Waals surface area contributed by atoms with Crippen molar-refractivity contribution in [1.82, 2.24) is 40.1 Å². The molecule has 0 saturated carbocycles. The smallest absolute Gasteiger partial charge is 0.181 e. The minimum atomic E-state index is 0.845. The fourth-order valence-corrected chi connectivity index (χ4v) is 12.5. The van der Waals surface area contributed by atoms with Crippen LogP contribution in [0.25, 0.3) is 75.2 Å². The van der Waals surface area contributed by atoms with Gasteiger partial charge in [-0.2, -0.15) is 5.10 Å². The van der Waals surface area contributed by atoms with E-state index in [0.717, 1.165) is 55.9 Å². The molecule has 3 aliphatic carbocycles. The molecule has 127 heavy (non-hydrogen) atoms. The van der Waals surface area contributed by atoms with Gasteiger partial charge in [0, 0.05) is 50.4 Å². The van der Waals surface area contributed by atoms with Crippen molar-refractivity contribution in [3.8, 4) is 0 Å². The molecule has 11 nitrogen and oxygen atoms in total. The summed E-state index contributed by atoms with van der Waals surface area (Å²) in [5.41, 5.74) is 16.1. The number of furan rings is 2. The van der Waals surface area contributed by atoms with Crippen LogP contribution in [0.15, 0.2) is 280 Å². The van der Waals surface area contributed by atoms with Crippen LogP contribution < -0.4 is 0 Å². The molecule has 3 aliphatic rings. The Morgan fingerprint density at radius 1 is 0.276 bits per heavy atom. The third-order valence-electron chi connectivity index (χ3n) is 14.5. The zero-order valence-corrected chi connectivity index (χ0v) is 90.5. The van der Waals surface area contributed by atoms with E-state index in [-0.39, 0.29) is 0 Å². The van der Waals surface area contributed by atoms with Crippen molar-refractivity contribution in [2.24, 2.45) is 0 Å². The van der Waals surface area contributed by atoms with Crippen molar-refractivity contribution in [1.29, 1.82) is 0 Å². The standard InChI is InChI=1S/C8H7N.C8H6O.C8H6S.2C7H6N2.C7H5NO.C7H5NS.C7H9N.C7H8O.C7H8S.20C2H6/c3*1-2-4-8-7(3-1)5-6-9-8;1-2-4-7-6(3-1)8-5-9-7;1-2-4-7-6(3-1)5-8-9-7;2*1-2-4-7-6(3-1)8-5-9-7;3*1-2-6-4-5-8-7(6)3-1;20*1-2/h1-6,9H;2*1-6H;2*1-5H,(H,8,9);2*1-5H;4-5,8H,1-3H2;2*4-5H,1-3H2;20*1-2H3. The van der Waals surface area contributed by atoms with Gasteiger partial charge in [-0.3, -0.25) is 5.10 Å². The van der Waals surface area contributed by atoms with Crippen molar-refractivity contribution in [3.63, 3.8) is 0 Å². The highest BCUT2D eigenvalue weighted by Crippen LogP contribution is 2.27. The molecule has 0 saturated heterocycles. The van der Waals surface area contributed by atoms with Crippen LogP contribution in [0.4, 0.5) is 0 Å². The number of thiazole rings is 1. The summed E-state index contributed by atoms with van der Waals surface area (Å²) in [7, 11) is 0. The lowest BCUT2D eigenvalue weighted by Gasteiger charge is -1.83. The van der Waals surface area contributed by atoms with Gasteiger partial charge in [0.1, 0.15) is 16.9 Å². The van der Waals surface area contributed by atoms with Gasteiger partial charge < -0.3 is 28.2 Å². The molecule has 0 amide bonds. The van der Waals surface area contributed by atoms with E-state index < -0.39 is 0 Å². The first-order valence-corrected chi connectivity index (χ1v) is 51.8. The number of thiophene rings is 2. The van der Waals surface area contributed by atoms with Gasteiger partial charge in [0.05, 0.1) is 57.3 Å². The van der Waals surface area contributed by atoms with Crippen molar-refractivity contribution in [2.75, 3.05) is 0 Å². The number of benzene rings is 7. The van der Waals surface area contributed by atoms with Crippen molar-refractivity contribution >= 4 is 109 Å². The molecule has 20 rings (SSSR count). The zero-order chi connectivity index (χ0) is 98.9. The largest absolute Gasteiger partial charge is 0.469 e. The second kappa shape index (κ2) is 112. The third-order valence-corrected chi connectivity index (χ3v) is 17.2. The van der Waals surface area contributed by atoms with E-state index in [1.165, 1.54) is 106 Å². The summed E-state index contributed by atoms with van der Waals surface area (Å²) in [6.07, 6.45) is 24.1. The number of hydrogen-bond acceptors (Lipinski definition) is 10. The fraction of sp³-hybridized carbons (Fsp3) is 0.434. The summed E-state index contributed by atoms with van der Waals surface area (Å²) in [6, 6.07) is 69.0. The highest BCUT2D eigenvalue weighted by atomic mass is 32.1. The Bertz CT molecular complexity index is 3710. The number of nitrogens with one attached hydrogen (secondary N) is 4.